The van der Waals surface area contributed by atoms with Crippen LogP contribution in [-0.4, -0.2) is 19.5 Å². The summed E-state index contributed by atoms with van der Waals surface area (Å²) in [6, 6.07) is 86.1. The summed E-state index contributed by atoms with van der Waals surface area (Å²) >= 11 is 0. The average Bonchev–Trinajstić information content (AvgIpc) is 3.72. The highest BCUT2D eigenvalue weighted by atomic mass is 15.0. The average molecular weight is 829 g/mol. The van der Waals surface area contributed by atoms with Crippen molar-refractivity contribution in [2.45, 2.75) is 0 Å². The fraction of sp³-hybridized carbons (Fsp3) is 0. The lowest BCUT2D eigenvalue weighted by Gasteiger charge is -2.14. The van der Waals surface area contributed by atoms with Crippen LogP contribution in [0.3, 0.4) is 0 Å². The van der Waals surface area contributed by atoms with E-state index in [0.717, 1.165) is 50.1 Å². The summed E-state index contributed by atoms with van der Waals surface area (Å²) in [4.78, 5) is 15.2. The van der Waals surface area contributed by atoms with Crippen LogP contribution in [0.1, 0.15) is 0 Å². The van der Waals surface area contributed by atoms with Crippen LogP contribution >= 0.6 is 0 Å². The number of benzene rings is 10. The molecule has 2 aromatic heterocycles. The molecule has 0 aliphatic rings. The van der Waals surface area contributed by atoms with E-state index < -0.39 is 0 Å². The first kappa shape index (κ1) is 38.0. The second-order valence-corrected chi connectivity index (χ2v) is 16.4. The third kappa shape index (κ3) is 7.04. The van der Waals surface area contributed by atoms with Crippen LogP contribution < -0.4 is 0 Å². The monoisotopic (exact) mass is 828 g/mol. The summed E-state index contributed by atoms with van der Waals surface area (Å²) in [7, 11) is 0. The second-order valence-electron chi connectivity index (χ2n) is 16.4. The molecule has 0 radical (unpaired) electrons. The Bertz CT molecular complexity index is 3650. The molecule has 0 amide bonds. The van der Waals surface area contributed by atoms with E-state index in [2.05, 4.69) is 211 Å². The van der Waals surface area contributed by atoms with Gasteiger partial charge in [0.1, 0.15) is 0 Å². The molecule has 0 saturated carbocycles. The molecular weight excluding hydrogens is 789 g/mol. The molecule has 4 nitrogen and oxygen atoms in total. The third-order valence-corrected chi connectivity index (χ3v) is 12.5. The Morgan fingerprint density at radius 1 is 0.262 bits per heavy atom. The maximum atomic E-state index is 5.10. The Morgan fingerprint density at radius 2 is 0.692 bits per heavy atom. The third-order valence-electron chi connectivity index (χ3n) is 12.5. The summed E-state index contributed by atoms with van der Waals surface area (Å²) in [5.74, 6) is 1.89. The number of nitrogens with zero attached hydrogens (tertiary/aromatic N) is 4. The zero-order valence-corrected chi connectivity index (χ0v) is 35.4. The molecule has 0 saturated heterocycles. The van der Waals surface area contributed by atoms with E-state index in [9.17, 15) is 0 Å². The van der Waals surface area contributed by atoms with Crippen molar-refractivity contribution in [2.75, 3.05) is 0 Å². The van der Waals surface area contributed by atoms with E-state index >= 15 is 0 Å². The molecule has 304 valence electrons. The Kier molecular flexibility index (Phi) is 9.46. The van der Waals surface area contributed by atoms with E-state index in [1.165, 1.54) is 49.4 Å². The van der Waals surface area contributed by atoms with E-state index in [1.807, 2.05) is 36.4 Å². The molecule has 12 rings (SSSR count). The van der Waals surface area contributed by atoms with Crippen LogP contribution in [0.15, 0.2) is 243 Å². The molecule has 0 spiro atoms. The molecular formula is C61H40N4. The molecule has 2 heterocycles. The summed E-state index contributed by atoms with van der Waals surface area (Å²) in [5, 5.41) is 4.84. The first-order valence-corrected chi connectivity index (χ1v) is 22.0. The molecule has 4 heteroatoms. The smallest absolute Gasteiger partial charge is 0.164 e. The number of rotatable bonds is 8. The largest absolute Gasteiger partial charge is 0.309 e. The highest BCUT2D eigenvalue weighted by Crippen LogP contribution is 2.44. The van der Waals surface area contributed by atoms with Crippen molar-refractivity contribution in [3.63, 3.8) is 0 Å². The summed E-state index contributed by atoms with van der Waals surface area (Å²) in [6.07, 6.45) is 0. The maximum Gasteiger partial charge on any atom is 0.164 e. The molecule has 0 atom stereocenters. The van der Waals surface area contributed by atoms with Crippen molar-refractivity contribution in [3.05, 3.63) is 243 Å². The minimum Gasteiger partial charge on any atom is -0.309 e. The zero-order valence-electron chi connectivity index (χ0n) is 35.4. The molecule has 12 aromatic rings. The van der Waals surface area contributed by atoms with Gasteiger partial charge in [-0.2, -0.15) is 0 Å². The van der Waals surface area contributed by atoms with Gasteiger partial charge in [0.2, 0.25) is 0 Å². The van der Waals surface area contributed by atoms with Gasteiger partial charge in [0, 0.05) is 32.8 Å². The predicted molar refractivity (Wildman–Crippen MR) is 270 cm³/mol. The fourth-order valence-electron chi connectivity index (χ4n) is 9.24. The molecule has 0 bridgehead atoms. The van der Waals surface area contributed by atoms with Crippen molar-refractivity contribution in [1.82, 2.24) is 19.5 Å². The second kappa shape index (κ2) is 16.2. The van der Waals surface area contributed by atoms with Crippen molar-refractivity contribution < 1.29 is 0 Å². The topological polar surface area (TPSA) is 43.6 Å². The quantitative estimate of drug-likeness (QED) is 0.153. The molecule has 0 fully saturated rings. The van der Waals surface area contributed by atoms with Gasteiger partial charge >= 0.3 is 0 Å². The molecule has 65 heavy (non-hydrogen) atoms. The van der Waals surface area contributed by atoms with Gasteiger partial charge in [-0.1, -0.05) is 212 Å². The SMILES string of the molecule is c1ccc(-c2ccc(-c3nc(-c4ccccc4)nc(-c4ccc(-c5cc(-c6ccccc6)c6c7cc(-c8ccccc8)ccc7n(-c7cccc8ccccc78)c6c5)cc4)n3)cc2)cc1. The lowest BCUT2D eigenvalue weighted by Crippen LogP contribution is -2.00. The minimum atomic E-state index is 0.623. The van der Waals surface area contributed by atoms with Crippen molar-refractivity contribution in [3.8, 4) is 84.4 Å². The van der Waals surface area contributed by atoms with Gasteiger partial charge in [-0.25, -0.2) is 15.0 Å². The van der Waals surface area contributed by atoms with Crippen LogP contribution in [0.2, 0.25) is 0 Å². The van der Waals surface area contributed by atoms with Gasteiger partial charge < -0.3 is 4.57 Å². The molecule has 0 unspecified atom stereocenters. The fourth-order valence-corrected chi connectivity index (χ4v) is 9.24. The number of fused-ring (bicyclic) bond motifs is 4. The van der Waals surface area contributed by atoms with Gasteiger partial charge in [0.05, 0.1) is 16.7 Å². The molecule has 0 N–H and O–H groups in total. The van der Waals surface area contributed by atoms with Crippen LogP contribution in [0, 0.1) is 0 Å². The number of hydrogen-bond acceptors (Lipinski definition) is 3. The number of hydrogen-bond donors (Lipinski definition) is 0. The van der Waals surface area contributed by atoms with Gasteiger partial charge in [-0.15, -0.1) is 0 Å². The minimum absolute atomic E-state index is 0.623. The predicted octanol–water partition coefficient (Wildman–Crippen LogP) is 15.8. The highest BCUT2D eigenvalue weighted by molar-refractivity contribution is 6.18. The summed E-state index contributed by atoms with van der Waals surface area (Å²) < 4.78 is 2.47. The van der Waals surface area contributed by atoms with Gasteiger partial charge in [0.15, 0.2) is 17.5 Å². The summed E-state index contributed by atoms with van der Waals surface area (Å²) in [6.45, 7) is 0. The first-order valence-electron chi connectivity index (χ1n) is 22.0. The van der Waals surface area contributed by atoms with Crippen LogP contribution in [0.5, 0.6) is 0 Å². The van der Waals surface area contributed by atoms with Crippen LogP contribution in [-0.2, 0) is 0 Å². The van der Waals surface area contributed by atoms with Crippen molar-refractivity contribution >= 4 is 32.6 Å². The van der Waals surface area contributed by atoms with Crippen molar-refractivity contribution in [1.29, 1.82) is 0 Å². The van der Waals surface area contributed by atoms with Crippen LogP contribution in [0.25, 0.3) is 117 Å². The Labute approximate surface area is 377 Å². The van der Waals surface area contributed by atoms with Crippen LogP contribution in [0.4, 0.5) is 0 Å². The van der Waals surface area contributed by atoms with E-state index in [1.54, 1.807) is 0 Å². The summed E-state index contributed by atoms with van der Waals surface area (Å²) in [5.41, 5.74) is 15.5. The maximum absolute atomic E-state index is 5.10. The van der Waals surface area contributed by atoms with E-state index in [4.69, 9.17) is 15.0 Å². The van der Waals surface area contributed by atoms with E-state index in [-0.39, 0.29) is 0 Å². The first-order chi connectivity index (χ1) is 32.2. The molecule has 10 aromatic carbocycles. The normalized spacial score (nSPS) is 11.4. The van der Waals surface area contributed by atoms with Gasteiger partial charge in [0.25, 0.3) is 0 Å². The lowest BCUT2D eigenvalue weighted by molar-refractivity contribution is 1.07. The van der Waals surface area contributed by atoms with Crippen molar-refractivity contribution in [2.24, 2.45) is 0 Å². The lowest BCUT2D eigenvalue weighted by atomic mass is 9.93. The molecule has 0 aliphatic heterocycles. The van der Waals surface area contributed by atoms with E-state index in [0.29, 0.717) is 17.5 Å². The number of aromatic nitrogens is 4. The Balaban J connectivity index is 1.03. The van der Waals surface area contributed by atoms with Gasteiger partial charge in [-0.05, 0) is 80.2 Å². The molecule has 0 aliphatic carbocycles. The van der Waals surface area contributed by atoms with Gasteiger partial charge in [-0.3, -0.25) is 0 Å². The standard InChI is InChI=1S/C61H40N4/c1-5-16-41(17-6-1)43-28-32-48(33-29-43)60-62-59(47-23-11-4-12-24-47)63-61(64-60)49-34-30-44(31-35-49)51-39-53(46-20-9-3-10-21-46)58-54-38-50(42-18-7-2-8-19-42)36-37-56(54)65(57(58)40-51)55-27-15-25-45-22-13-14-26-52(45)55/h1-40H. The Morgan fingerprint density at radius 3 is 1.29 bits per heavy atom. The highest BCUT2D eigenvalue weighted by Gasteiger charge is 2.21. The Hall–Kier alpha value is -8.73. The zero-order chi connectivity index (χ0) is 43.1.